The van der Waals surface area contributed by atoms with Crippen LogP contribution < -0.4 is 9.27 Å². The predicted molar refractivity (Wildman–Crippen MR) is 53.9 cm³/mol. The molecule has 0 unspecified atom stereocenters. The fourth-order valence-corrected chi connectivity index (χ4v) is 0.886. The lowest BCUT2D eigenvalue weighted by molar-refractivity contribution is -0.797. The second-order valence-electron chi connectivity index (χ2n) is 3.17. The van der Waals surface area contributed by atoms with Crippen molar-refractivity contribution in [1.29, 1.82) is 0 Å². The zero-order valence-electron chi connectivity index (χ0n) is 8.10. The Hall–Kier alpha value is -0.930. The molecule has 0 bridgehead atoms. The van der Waals surface area contributed by atoms with Crippen molar-refractivity contribution in [2.45, 2.75) is 6.92 Å². The van der Waals surface area contributed by atoms with Crippen LogP contribution in [-0.2, 0) is 4.79 Å². The van der Waals surface area contributed by atoms with Gasteiger partial charge >= 0.3 is 5.91 Å². The third kappa shape index (κ3) is 2.50. The van der Waals surface area contributed by atoms with Crippen molar-refractivity contribution >= 4 is 18.3 Å². The predicted octanol–water partition coefficient (Wildman–Crippen LogP) is 0.641. The Morgan fingerprint density at radius 1 is 1.15 bits per heavy atom. The number of pyridine rings is 1. The lowest BCUT2D eigenvalue weighted by Crippen LogP contribution is -2.72. The first kappa shape index (κ1) is 12.1. The summed E-state index contributed by atoms with van der Waals surface area (Å²) in [7, 11) is 3.70. The molecule has 0 aliphatic carbocycles. The molecule has 0 aliphatic rings. The van der Waals surface area contributed by atoms with E-state index in [0.29, 0.717) is 0 Å². The van der Waals surface area contributed by atoms with E-state index in [1.54, 1.807) is 6.92 Å². The first-order chi connectivity index (χ1) is 5.55. The fourth-order valence-electron chi connectivity index (χ4n) is 0.886. The smallest absolute Gasteiger partial charge is 0.225 e. The summed E-state index contributed by atoms with van der Waals surface area (Å²) in [6.07, 6.45) is 3.75. The summed E-state index contributed by atoms with van der Waals surface area (Å²) in [5.41, 5.74) is 0. The Kier molecular flexibility index (Phi) is 4.04. The summed E-state index contributed by atoms with van der Waals surface area (Å²) in [6.45, 7) is 1.58. The highest BCUT2D eigenvalue weighted by atomic mass is 35.5. The van der Waals surface area contributed by atoms with Crippen molar-refractivity contribution in [2.75, 3.05) is 14.1 Å². The van der Waals surface area contributed by atoms with E-state index in [1.165, 1.54) is 0 Å². The van der Waals surface area contributed by atoms with Crippen LogP contribution in [0.25, 0.3) is 0 Å². The minimum absolute atomic E-state index is 0. The largest absolute Gasteiger partial charge is 0.365 e. The van der Waals surface area contributed by atoms with E-state index in [9.17, 15) is 4.79 Å². The summed E-state index contributed by atoms with van der Waals surface area (Å²) >= 11 is 0. The van der Waals surface area contributed by atoms with Crippen LogP contribution in [0.2, 0.25) is 0 Å². The molecule has 1 amide bonds. The average molecular weight is 203 g/mol. The zero-order valence-corrected chi connectivity index (χ0v) is 8.91. The number of rotatable bonds is 1. The highest BCUT2D eigenvalue weighted by molar-refractivity contribution is 5.85. The van der Waals surface area contributed by atoms with Gasteiger partial charge in [0.25, 0.3) is 0 Å². The highest BCUT2D eigenvalue weighted by Gasteiger charge is 2.31. The molecule has 0 N–H and O–H groups in total. The van der Waals surface area contributed by atoms with Gasteiger partial charge in [0.2, 0.25) is 12.4 Å². The second kappa shape index (κ2) is 4.35. The van der Waals surface area contributed by atoms with E-state index in [1.807, 2.05) is 49.4 Å². The van der Waals surface area contributed by atoms with Gasteiger partial charge in [0.15, 0.2) is 0 Å². The number of quaternary nitrogens is 1. The third-order valence-corrected chi connectivity index (χ3v) is 2.05. The second-order valence-corrected chi connectivity index (χ2v) is 3.17. The molecule has 13 heavy (non-hydrogen) atoms. The molecule has 0 spiro atoms. The van der Waals surface area contributed by atoms with Crippen LogP contribution in [0.3, 0.4) is 0 Å². The molecule has 0 aliphatic heterocycles. The number of hydrogen-bond acceptors (Lipinski definition) is 1. The highest BCUT2D eigenvalue weighted by Crippen LogP contribution is 1.87. The molecule has 0 atom stereocenters. The Bertz CT molecular complexity index is 285. The fraction of sp³-hybridized carbons (Fsp3) is 0.333. The van der Waals surface area contributed by atoms with Crippen molar-refractivity contribution in [3.63, 3.8) is 0 Å². The molecule has 1 aromatic heterocycles. The maximum atomic E-state index is 11.2. The van der Waals surface area contributed by atoms with Gasteiger partial charge < -0.3 is 0 Å². The molecule has 1 aromatic rings. The van der Waals surface area contributed by atoms with E-state index in [2.05, 4.69) is 0 Å². The molecule has 0 radical (unpaired) electrons. The standard InChI is InChI=1S/C9H14N2O.ClH/c1-9(12)11(2,3)10-7-5-4-6-8-10;/h4-8H,1-3H3;1H/q+2;. The number of carbonyl (C=O) groups excluding carboxylic acids is 1. The van der Waals surface area contributed by atoms with Gasteiger partial charge in [-0.15, -0.1) is 12.4 Å². The van der Waals surface area contributed by atoms with Crippen molar-refractivity contribution in [1.82, 2.24) is 4.59 Å². The molecule has 0 saturated heterocycles. The Labute approximate surface area is 84.6 Å². The molecule has 0 fully saturated rings. The van der Waals surface area contributed by atoms with Gasteiger partial charge in [-0.3, -0.25) is 0 Å². The van der Waals surface area contributed by atoms with Gasteiger partial charge in [0.1, 0.15) is 14.1 Å². The van der Waals surface area contributed by atoms with Crippen LogP contribution in [0, 0.1) is 0 Å². The van der Waals surface area contributed by atoms with Crippen LogP contribution >= 0.6 is 12.4 Å². The van der Waals surface area contributed by atoms with Gasteiger partial charge in [0, 0.05) is 12.1 Å². The summed E-state index contributed by atoms with van der Waals surface area (Å²) < 4.78 is 2.07. The summed E-state index contributed by atoms with van der Waals surface area (Å²) in [6, 6.07) is 5.74. The molecule has 72 valence electrons. The molecule has 1 rings (SSSR count). The maximum Gasteiger partial charge on any atom is 0.365 e. The number of nitrogens with zero attached hydrogens (tertiary/aromatic N) is 2. The summed E-state index contributed by atoms with van der Waals surface area (Å²) in [4.78, 5) is 11.2. The van der Waals surface area contributed by atoms with Gasteiger partial charge in [-0.1, -0.05) is 0 Å². The van der Waals surface area contributed by atoms with Crippen LogP contribution in [-0.4, -0.2) is 20.0 Å². The zero-order chi connectivity index (χ0) is 9.19. The third-order valence-electron chi connectivity index (χ3n) is 2.05. The van der Waals surface area contributed by atoms with Gasteiger partial charge in [0.05, 0.1) is 6.92 Å². The first-order valence-electron chi connectivity index (χ1n) is 3.87. The Morgan fingerprint density at radius 2 is 1.62 bits per heavy atom. The SMILES string of the molecule is CC(=O)[N+](C)(C)[n+]1ccccc1.Cl. The van der Waals surface area contributed by atoms with Crippen LogP contribution in [0.15, 0.2) is 30.6 Å². The normalized spacial score (nSPS) is 10.4. The van der Waals surface area contributed by atoms with Crippen LogP contribution in [0.5, 0.6) is 0 Å². The monoisotopic (exact) mass is 202 g/mol. The minimum atomic E-state index is 0. The molecule has 1 heterocycles. The number of carbonyl (C=O) groups is 1. The van der Waals surface area contributed by atoms with Crippen molar-refractivity contribution in [2.24, 2.45) is 0 Å². The van der Waals surface area contributed by atoms with Crippen LogP contribution in [0.1, 0.15) is 6.92 Å². The number of halogens is 1. The van der Waals surface area contributed by atoms with Gasteiger partial charge in [-0.2, -0.15) is 0 Å². The van der Waals surface area contributed by atoms with E-state index in [4.69, 9.17) is 0 Å². The lowest BCUT2D eigenvalue weighted by Gasteiger charge is -2.16. The van der Waals surface area contributed by atoms with Gasteiger partial charge in [-0.25, -0.2) is 4.79 Å². The molecular weight excluding hydrogens is 188 g/mol. The van der Waals surface area contributed by atoms with Crippen molar-refractivity contribution < 1.29 is 9.47 Å². The van der Waals surface area contributed by atoms with E-state index >= 15 is 0 Å². The first-order valence-corrected chi connectivity index (χ1v) is 3.87. The topological polar surface area (TPSA) is 20.9 Å². The van der Waals surface area contributed by atoms with Crippen LogP contribution in [0.4, 0.5) is 0 Å². The number of hydrogen-bond donors (Lipinski definition) is 0. The van der Waals surface area contributed by atoms with Crippen molar-refractivity contribution in [3.8, 4) is 0 Å². The Balaban J connectivity index is 0.00000144. The number of amides is 1. The quantitative estimate of drug-likeness (QED) is 0.484. The summed E-state index contributed by atoms with van der Waals surface area (Å²) in [5.74, 6) is 0.103. The summed E-state index contributed by atoms with van der Waals surface area (Å²) in [5, 5.41) is 0. The average Bonchev–Trinajstić information content (AvgIpc) is 2.06. The maximum absolute atomic E-state index is 11.2. The minimum Gasteiger partial charge on any atom is -0.225 e. The molecular formula is C9H15ClN2O+2. The Morgan fingerprint density at radius 3 is 2.00 bits per heavy atom. The molecule has 4 heteroatoms. The van der Waals surface area contributed by atoms with Crippen molar-refractivity contribution in [3.05, 3.63) is 30.6 Å². The number of aromatic nitrogens is 1. The van der Waals surface area contributed by atoms with E-state index in [0.717, 1.165) is 0 Å². The molecule has 0 aromatic carbocycles. The van der Waals surface area contributed by atoms with E-state index in [-0.39, 0.29) is 22.9 Å². The lowest BCUT2D eigenvalue weighted by atomic mass is 10.5. The van der Waals surface area contributed by atoms with E-state index < -0.39 is 0 Å². The molecule has 0 saturated carbocycles. The van der Waals surface area contributed by atoms with Gasteiger partial charge in [-0.05, 0) is 15.3 Å². The molecule has 3 nitrogen and oxygen atoms in total.